The third-order valence-corrected chi connectivity index (χ3v) is 4.01. The molecule has 3 aromatic rings. The summed E-state index contributed by atoms with van der Waals surface area (Å²) in [5.41, 5.74) is 2.44. The van der Waals surface area contributed by atoms with Crippen LogP contribution in [0.15, 0.2) is 67.3 Å². The number of nitrogens with zero attached hydrogens (tertiary/aromatic N) is 2. The second kappa shape index (κ2) is 7.96. The molecular weight excluding hydrogens is 338 g/mol. The van der Waals surface area contributed by atoms with Gasteiger partial charge in [-0.3, -0.25) is 4.79 Å². The number of halogens is 1. The maximum Gasteiger partial charge on any atom is 0.253 e. The van der Waals surface area contributed by atoms with Gasteiger partial charge in [0, 0.05) is 18.1 Å². The quantitative estimate of drug-likeness (QED) is 0.725. The van der Waals surface area contributed by atoms with Crippen LogP contribution >= 0.6 is 11.6 Å². The fraction of sp³-hybridized carbons (Fsp3) is 0.158. The van der Waals surface area contributed by atoms with Crippen molar-refractivity contribution in [2.24, 2.45) is 0 Å². The van der Waals surface area contributed by atoms with Crippen LogP contribution in [-0.4, -0.2) is 21.6 Å². The van der Waals surface area contributed by atoms with E-state index in [1.165, 1.54) is 0 Å². The minimum absolute atomic E-state index is 0.220. The Balaban J connectivity index is 1.59. The Morgan fingerprint density at radius 3 is 2.76 bits per heavy atom. The Labute approximate surface area is 151 Å². The Morgan fingerprint density at radius 1 is 1.28 bits per heavy atom. The maximum atomic E-state index is 12.3. The molecule has 0 saturated carbocycles. The van der Waals surface area contributed by atoms with E-state index in [2.05, 4.69) is 10.3 Å². The summed E-state index contributed by atoms with van der Waals surface area (Å²) in [5, 5.41) is 3.34. The number of ether oxygens (including phenoxy) is 1. The highest BCUT2D eigenvalue weighted by Gasteiger charge is 2.14. The number of aromatic nitrogens is 2. The molecule has 0 fully saturated rings. The van der Waals surface area contributed by atoms with Crippen LogP contribution in [0.2, 0.25) is 5.02 Å². The lowest BCUT2D eigenvalue weighted by Crippen LogP contribution is -2.27. The van der Waals surface area contributed by atoms with Gasteiger partial charge in [-0.05, 0) is 30.7 Å². The number of carbonyl (C=O) groups excluding carboxylic acids is 1. The summed E-state index contributed by atoms with van der Waals surface area (Å²) in [6.07, 6.45) is 4.57. The number of rotatable bonds is 6. The van der Waals surface area contributed by atoms with Gasteiger partial charge >= 0.3 is 0 Å². The number of imidazole rings is 1. The summed E-state index contributed by atoms with van der Waals surface area (Å²) < 4.78 is 7.42. The maximum absolute atomic E-state index is 12.3. The normalized spacial score (nSPS) is 11.9. The number of benzene rings is 2. The van der Waals surface area contributed by atoms with E-state index < -0.39 is 6.10 Å². The largest absolute Gasteiger partial charge is 0.364 e. The van der Waals surface area contributed by atoms with E-state index in [-0.39, 0.29) is 5.91 Å². The van der Waals surface area contributed by atoms with Crippen LogP contribution < -0.4 is 5.32 Å². The lowest BCUT2D eigenvalue weighted by Gasteiger charge is -2.14. The van der Waals surface area contributed by atoms with Crippen molar-refractivity contribution in [2.75, 3.05) is 5.32 Å². The van der Waals surface area contributed by atoms with Gasteiger partial charge in [0.05, 0.1) is 23.6 Å². The van der Waals surface area contributed by atoms with E-state index in [9.17, 15) is 4.79 Å². The van der Waals surface area contributed by atoms with Gasteiger partial charge in [-0.2, -0.15) is 0 Å². The van der Waals surface area contributed by atoms with Gasteiger partial charge in [0.15, 0.2) is 0 Å². The van der Waals surface area contributed by atoms with E-state index in [0.717, 1.165) is 11.3 Å². The summed E-state index contributed by atoms with van der Waals surface area (Å²) in [6.45, 7) is 2.11. The molecule has 2 aromatic carbocycles. The first-order valence-corrected chi connectivity index (χ1v) is 8.25. The van der Waals surface area contributed by atoms with Crippen molar-refractivity contribution in [3.8, 4) is 5.69 Å². The number of nitrogens with one attached hydrogen (secondary N) is 1. The molecule has 0 radical (unpaired) electrons. The molecule has 1 unspecified atom stereocenters. The molecule has 6 heteroatoms. The first-order chi connectivity index (χ1) is 12.1. The molecule has 0 aliphatic carbocycles. The lowest BCUT2D eigenvalue weighted by molar-refractivity contribution is -0.127. The van der Waals surface area contributed by atoms with Gasteiger partial charge in [0.1, 0.15) is 6.10 Å². The van der Waals surface area contributed by atoms with Gasteiger partial charge in [-0.15, -0.1) is 0 Å². The van der Waals surface area contributed by atoms with Crippen molar-refractivity contribution >= 4 is 23.2 Å². The zero-order valence-corrected chi connectivity index (χ0v) is 14.5. The minimum atomic E-state index is -0.577. The van der Waals surface area contributed by atoms with Crippen LogP contribution in [0.5, 0.6) is 0 Å². The van der Waals surface area contributed by atoms with E-state index in [4.69, 9.17) is 16.3 Å². The Kier molecular flexibility index (Phi) is 5.48. The number of hydrogen-bond donors (Lipinski definition) is 1. The monoisotopic (exact) mass is 355 g/mol. The summed E-state index contributed by atoms with van der Waals surface area (Å²) in [4.78, 5) is 16.3. The summed E-state index contributed by atoms with van der Waals surface area (Å²) in [5.74, 6) is -0.220. The average molecular weight is 356 g/mol. The molecule has 0 bridgehead atoms. The fourth-order valence-corrected chi connectivity index (χ4v) is 2.59. The molecule has 5 nitrogen and oxygen atoms in total. The van der Waals surface area contributed by atoms with Crippen molar-refractivity contribution in [3.05, 3.63) is 77.8 Å². The lowest BCUT2D eigenvalue weighted by atomic mass is 10.2. The summed E-state index contributed by atoms with van der Waals surface area (Å²) >= 11 is 6.29. The van der Waals surface area contributed by atoms with E-state index >= 15 is 0 Å². The van der Waals surface area contributed by atoms with Gasteiger partial charge < -0.3 is 14.6 Å². The van der Waals surface area contributed by atoms with Crippen molar-refractivity contribution in [1.29, 1.82) is 0 Å². The average Bonchev–Trinajstić information content (AvgIpc) is 3.15. The number of anilines is 1. The smallest absolute Gasteiger partial charge is 0.253 e. The third-order valence-electron chi connectivity index (χ3n) is 3.71. The molecule has 1 atom stereocenters. The van der Waals surface area contributed by atoms with Gasteiger partial charge in [0.25, 0.3) is 5.91 Å². The second-order valence-electron chi connectivity index (χ2n) is 5.56. The molecule has 3 rings (SSSR count). The fourth-order valence-electron chi connectivity index (χ4n) is 2.31. The molecular formula is C19H18ClN3O2. The van der Waals surface area contributed by atoms with E-state index in [1.54, 1.807) is 42.3 Å². The molecule has 1 amide bonds. The highest BCUT2D eigenvalue weighted by Crippen LogP contribution is 2.24. The molecule has 25 heavy (non-hydrogen) atoms. The van der Waals surface area contributed by atoms with Crippen molar-refractivity contribution in [1.82, 2.24) is 9.55 Å². The number of amides is 1. The number of carbonyl (C=O) groups is 1. The third kappa shape index (κ3) is 4.47. The Morgan fingerprint density at radius 2 is 2.08 bits per heavy atom. The van der Waals surface area contributed by atoms with Gasteiger partial charge in [-0.25, -0.2) is 4.98 Å². The van der Waals surface area contributed by atoms with Gasteiger partial charge in [0.2, 0.25) is 0 Å². The predicted molar refractivity (Wildman–Crippen MR) is 97.9 cm³/mol. The van der Waals surface area contributed by atoms with Crippen molar-refractivity contribution in [2.45, 2.75) is 19.6 Å². The van der Waals surface area contributed by atoms with Crippen LogP contribution in [0, 0.1) is 0 Å². The number of hydrogen-bond acceptors (Lipinski definition) is 3. The van der Waals surface area contributed by atoms with E-state index in [1.807, 2.05) is 36.4 Å². The highest BCUT2D eigenvalue weighted by atomic mass is 35.5. The molecule has 1 heterocycles. The van der Waals surface area contributed by atoms with E-state index in [0.29, 0.717) is 17.3 Å². The second-order valence-corrected chi connectivity index (χ2v) is 5.97. The minimum Gasteiger partial charge on any atom is -0.364 e. The Bertz CT molecular complexity index is 835. The first-order valence-electron chi connectivity index (χ1n) is 7.88. The molecule has 1 N–H and O–H groups in total. The highest BCUT2D eigenvalue weighted by molar-refractivity contribution is 6.32. The molecule has 128 valence electrons. The summed E-state index contributed by atoms with van der Waals surface area (Å²) in [7, 11) is 0. The molecule has 0 saturated heterocycles. The molecule has 0 spiro atoms. The van der Waals surface area contributed by atoms with Crippen LogP contribution in [0.1, 0.15) is 12.5 Å². The van der Waals surface area contributed by atoms with Crippen LogP contribution in [0.4, 0.5) is 5.69 Å². The van der Waals surface area contributed by atoms with Crippen molar-refractivity contribution in [3.63, 3.8) is 0 Å². The topological polar surface area (TPSA) is 56.1 Å². The van der Waals surface area contributed by atoms with Crippen LogP contribution in [0.3, 0.4) is 0 Å². The first kappa shape index (κ1) is 17.2. The zero-order chi connectivity index (χ0) is 17.6. The molecule has 1 aromatic heterocycles. The molecule has 0 aliphatic rings. The van der Waals surface area contributed by atoms with Crippen molar-refractivity contribution < 1.29 is 9.53 Å². The predicted octanol–water partition coefficient (Wildman–Crippen LogP) is 4.07. The zero-order valence-electron chi connectivity index (χ0n) is 13.7. The van der Waals surface area contributed by atoms with Crippen LogP contribution in [0.25, 0.3) is 5.69 Å². The van der Waals surface area contributed by atoms with Gasteiger partial charge in [-0.1, -0.05) is 41.9 Å². The van der Waals surface area contributed by atoms with Crippen LogP contribution in [-0.2, 0) is 16.1 Å². The Hall–Kier alpha value is -2.63. The standard InChI is InChI=1S/C19H18ClN3O2/c1-14(25-12-15-5-3-2-4-6-15)19(24)22-16-7-8-18(17(20)11-16)23-10-9-21-13-23/h2-11,13-14H,12H2,1H3,(H,22,24). The molecule has 0 aliphatic heterocycles. The summed E-state index contributed by atoms with van der Waals surface area (Å²) in [6, 6.07) is 15.1. The SMILES string of the molecule is CC(OCc1ccccc1)C(=O)Nc1ccc(-n2ccnc2)c(Cl)c1.